The number of anilines is 1. The summed E-state index contributed by atoms with van der Waals surface area (Å²) < 4.78 is 0. The average Bonchev–Trinajstić information content (AvgIpc) is 3.06. The smallest absolute Gasteiger partial charge is 0.335 e. The lowest BCUT2D eigenvalue weighted by Crippen LogP contribution is -2.35. The molecule has 0 unspecified atom stereocenters. The first-order valence-corrected chi connectivity index (χ1v) is 9.73. The first-order valence-electron chi connectivity index (χ1n) is 9.73. The second-order valence-electron chi connectivity index (χ2n) is 7.00. The van der Waals surface area contributed by atoms with Crippen molar-refractivity contribution >= 4 is 17.8 Å². The molecular formula is C22H21N5O3. The van der Waals surface area contributed by atoms with E-state index < -0.39 is 5.97 Å². The lowest BCUT2D eigenvalue weighted by molar-refractivity contribution is 0.0696. The summed E-state index contributed by atoms with van der Waals surface area (Å²) in [6.45, 7) is 2.71. The zero-order valence-corrected chi connectivity index (χ0v) is 16.3. The summed E-state index contributed by atoms with van der Waals surface area (Å²) in [6, 6.07) is 11.8. The number of aromatic nitrogens is 3. The molecule has 3 aromatic rings. The molecule has 0 aliphatic carbocycles. The van der Waals surface area contributed by atoms with Crippen LogP contribution in [-0.4, -0.2) is 63.0 Å². The molecule has 152 valence electrons. The fourth-order valence-corrected chi connectivity index (χ4v) is 3.46. The molecule has 0 atom stereocenters. The zero-order valence-electron chi connectivity index (χ0n) is 16.3. The van der Waals surface area contributed by atoms with Crippen molar-refractivity contribution in [1.82, 2.24) is 19.9 Å². The van der Waals surface area contributed by atoms with Crippen LogP contribution in [0.15, 0.2) is 61.1 Å². The van der Waals surface area contributed by atoms with Crippen molar-refractivity contribution in [2.24, 2.45) is 0 Å². The Morgan fingerprint density at radius 3 is 2.43 bits per heavy atom. The highest BCUT2D eigenvalue weighted by Crippen LogP contribution is 2.20. The van der Waals surface area contributed by atoms with E-state index in [1.165, 1.54) is 6.07 Å². The van der Waals surface area contributed by atoms with Crippen LogP contribution in [0, 0.1) is 0 Å². The highest BCUT2D eigenvalue weighted by Gasteiger charge is 2.21. The average molecular weight is 403 g/mol. The van der Waals surface area contributed by atoms with Gasteiger partial charge in [0.25, 0.3) is 5.91 Å². The van der Waals surface area contributed by atoms with E-state index in [-0.39, 0.29) is 11.5 Å². The predicted molar refractivity (Wildman–Crippen MR) is 111 cm³/mol. The van der Waals surface area contributed by atoms with Gasteiger partial charge in [-0.05, 0) is 36.8 Å². The lowest BCUT2D eigenvalue weighted by atomic mass is 10.1. The van der Waals surface area contributed by atoms with Gasteiger partial charge in [-0.2, -0.15) is 0 Å². The lowest BCUT2D eigenvalue weighted by Gasteiger charge is -2.22. The van der Waals surface area contributed by atoms with Crippen LogP contribution in [0.4, 0.5) is 5.95 Å². The van der Waals surface area contributed by atoms with Crippen molar-refractivity contribution in [3.63, 3.8) is 0 Å². The molecule has 4 rings (SSSR count). The highest BCUT2D eigenvalue weighted by atomic mass is 16.4. The SMILES string of the molecule is O=C(O)c1cccc(-c2ccc(C(=O)N3CCCN(c4ncccn4)CC3)cn2)c1. The van der Waals surface area contributed by atoms with Crippen molar-refractivity contribution in [3.05, 3.63) is 72.2 Å². The minimum absolute atomic E-state index is 0.0656. The topological polar surface area (TPSA) is 99.5 Å². The Morgan fingerprint density at radius 2 is 1.70 bits per heavy atom. The van der Waals surface area contributed by atoms with Gasteiger partial charge in [-0.3, -0.25) is 9.78 Å². The van der Waals surface area contributed by atoms with Crippen molar-refractivity contribution in [2.75, 3.05) is 31.1 Å². The Morgan fingerprint density at radius 1 is 0.867 bits per heavy atom. The number of aromatic carboxylic acids is 1. The molecule has 0 spiro atoms. The van der Waals surface area contributed by atoms with Crippen molar-refractivity contribution in [2.45, 2.75) is 6.42 Å². The zero-order chi connectivity index (χ0) is 20.9. The summed E-state index contributed by atoms with van der Waals surface area (Å²) in [7, 11) is 0. The number of nitrogens with zero attached hydrogens (tertiary/aromatic N) is 5. The number of hydrogen-bond donors (Lipinski definition) is 1. The van der Waals surface area contributed by atoms with Crippen LogP contribution in [0.1, 0.15) is 27.1 Å². The molecule has 1 fully saturated rings. The summed E-state index contributed by atoms with van der Waals surface area (Å²) in [5.74, 6) is -0.370. The van der Waals surface area contributed by atoms with Gasteiger partial charge in [-0.1, -0.05) is 12.1 Å². The monoisotopic (exact) mass is 403 g/mol. The number of rotatable bonds is 4. The van der Waals surface area contributed by atoms with Gasteiger partial charge in [-0.15, -0.1) is 0 Å². The first kappa shape index (κ1) is 19.5. The van der Waals surface area contributed by atoms with Crippen LogP contribution in [0.25, 0.3) is 11.3 Å². The van der Waals surface area contributed by atoms with E-state index in [1.54, 1.807) is 55.0 Å². The van der Waals surface area contributed by atoms with E-state index in [4.69, 9.17) is 5.11 Å². The predicted octanol–water partition coefficient (Wildman–Crippen LogP) is 2.59. The Hall–Kier alpha value is -3.81. The molecule has 0 bridgehead atoms. The van der Waals surface area contributed by atoms with E-state index in [0.717, 1.165) is 13.0 Å². The number of carbonyl (C=O) groups is 2. The molecule has 1 N–H and O–H groups in total. The number of benzene rings is 1. The van der Waals surface area contributed by atoms with E-state index in [2.05, 4.69) is 19.9 Å². The van der Waals surface area contributed by atoms with Gasteiger partial charge in [0.05, 0.1) is 16.8 Å². The summed E-state index contributed by atoms with van der Waals surface area (Å²) in [5.41, 5.74) is 2.03. The number of carboxylic acid groups (broad SMARTS) is 1. The minimum atomic E-state index is -0.986. The second kappa shape index (κ2) is 8.69. The van der Waals surface area contributed by atoms with Gasteiger partial charge >= 0.3 is 5.97 Å². The maximum absolute atomic E-state index is 12.9. The van der Waals surface area contributed by atoms with E-state index in [0.29, 0.717) is 42.4 Å². The third-order valence-electron chi connectivity index (χ3n) is 5.03. The van der Waals surface area contributed by atoms with E-state index in [1.807, 2.05) is 4.90 Å². The third kappa shape index (κ3) is 4.27. The maximum Gasteiger partial charge on any atom is 0.335 e. The standard InChI is InChI=1S/C22H21N5O3/c28-20(26-10-3-11-27(13-12-26)22-23-8-2-9-24-22)18-6-7-19(25-15-18)16-4-1-5-17(14-16)21(29)30/h1-2,4-9,14-15H,3,10-13H2,(H,29,30). The number of hydrogen-bond acceptors (Lipinski definition) is 6. The molecule has 3 heterocycles. The molecule has 1 amide bonds. The quantitative estimate of drug-likeness (QED) is 0.715. The molecule has 8 nitrogen and oxygen atoms in total. The summed E-state index contributed by atoms with van der Waals surface area (Å²) in [6.07, 6.45) is 5.82. The van der Waals surface area contributed by atoms with Crippen LogP contribution >= 0.6 is 0 Å². The van der Waals surface area contributed by atoms with Gasteiger partial charge in [0.15, 0.2) is 0 Å². The van der Waals surface area contributed by atoms with E-state index >= 15 is 0 Å². The molecule has 1 saturated heterocycles. The maximum atomic E-state index is 12.9. The van der Waals surface area contributed by atoms with Crippen molar-refractivity contribution < 1.29 is 14.7 Å². The molecular weight excluding hydrogens is 382 g/mol. The second-order valence-corrected chi connectivity index (χ2v) is 7.00. The van der Waals surface area contributed by atoms with Crippen LogP contribution < -0.4 is 4.90 Å². The Bertz CT molecular complexity index is 1040. The summed E-state index contributed by atoms with van der Waals surface area (Å²) in [4.78, 5) is 41.0. The fraction of sp³-hybridized carbons (Fsp3) is 0.227. The summed E-state index contributed by atoms with van der Waals surface area (Å²) >= 11 is 0. The van der Waals surface area contributed by atoms with Gasteiger partial charge in [0.2, 0.25) is 5.95 Å². The molecule has 2 aromatic heterocycles. The van der Waals surface area contributed by atoms with Crippen molar-refractivity contribution in [3.8, 4) is 11.3 Å². The third-order valence-corrected chi connectivity index (χ3v) is 5.03. The largest absolute Gasteiger partial charge is 0.478 e. The highest BCUT2D eigenvalue weighted by molar-refractivity contribution is 5.94. The van der Waals surface area contributed by atoms with Gasteiger partial charge in [0, 0.05) is 50.3 Å². The molecule has 0 saturated carbocycles. The van der Waals surface area contributed by atoms with Crippen LogP contribution in [-0.2, 0) is 0 Å². The Kier molecular flexibility index (Phi) is 5.65. The molecule has 8 heteroatoms. The van der Waals surface area contributed by atoms with E-state index in [9.17, 15) is 9.59 Å². The molecule has 30 heavy (non-hydrogen) atoms. The molecule has 1 aliphatic heterocycles. The number of carbonyl (C=O) groups excluding carboxylic acids is 1. The number of carboxylic acids is 1. The number of amides is 1. The molecule has 0 radical (unpaired) electrons. The van der Waals surface area contributed by atoms with Crippen LogP contribution in [0.3, 0.4) is 0 Å². The Labute approximate surface area is 173 Å². The molecule has 1 aromatic carbocycles. The van der Waals surface area contributed by atoms with Gasteiger partial charge in [-0.25, -0.2) is 14.8 Å². The summed E-state index contributed by atoms with van der Waals surface area (Å²) in [5, 5.41) is 9.15. The fourth-order valence-electron chi connectivity index (χ4n) is 3.46. The minimum Gasteiger partial charge on any atom is -0.478 e. The van der Waals surface area contributed by atoms with Crippen LogP contribution in [0.2, 0.25) is 0 Å². The van der Waals surface area contributed by atoms with Gasteiger partial charge < -0.3 is 14.9 Å². The molecule has 1 aliphatic rings. The van der Waals surface area contributed by atoms with Crippen LogP contribution in [0.5, 0.6) is 0 Å². The Balaban J connectivity index is 1.45. The van der Waals surface area contributed by atoms with Crippen molar-refractivity contribution in [1.29, 1.82) is 0 Å². The normalized spacial score (nSPS) is 14.3. The first-order chi connectivity index (χ1) is 14.6. The van der Waals surface area contributed by atoms with Gasteiger partial charge in [0.1, 0.15) is 0 Å². The number of pyridine rings is 1.